The lowest BCUT2D eigenvalue weighted by Crippen LogP contribution is -2.59. The average Bonchev–Trinajstić information content (AvgIpc) is 1.75. The largest absolute Gasteiger partial charge is 0.497 e. The third-order valence-electron chi connectivity index (χ3n) is 24.7. The van der Waals surface area contributed by atoms with E-state index in [0.717, 1.165) is 17.5 Å². The Bertz CT molecular complexity index is 4980. The molecule has 0 aromatic heterocycles. The number of esters is 2. The second-order valence-corrected chi connectivity index (χ2v) is 34.5. The fourth-order valence-electron chi connectivity index (χ4n) is 15.4. The summed E-state index contributed by atoms with van der Waals surface area (Å²) >= 11 is 0. The molecule has 131 heavy (non-hydrogen) atoms. The van der Waals surface area contributed by atoms with E-state index in [2.05, 4.69) is 16.0 Å². The van der Waals surface area contributed by atoms with Crippen molar-refractivity contribution >= 4 is 88.4 Å². The standard InChI is InChI=1S/C47H61N7O10.C29H37N5O7.C18H24N2O5.CH4/c1-46(2,50(5)40(55)33-19-23-35(24-20-33)54(61)62)44(59)48-27-11-17-38(42(57)53-29-13-18-39(53)43(58)64-31-32-14-9-8-10-15-32)49-30-36-16-12-28-52(36)45(60)47(3,4)51(6)41(56)34-21-25-37(63-7)26-22-34;1-29(2,32(3)25(35)21-13-15-22(16-14-21)34(39)40)28(38)31-17-7-11-23(30)26(36)33-18-8-12-24(33)27(37)41-19-20-9-5-4-6-10-20;1-18(2,17(24)20-11-5-6-14(20)16(22)23)19(3)15(21)12-7-9-13(25-4)10-8-12;/h8-10,14-15,19-26,36,38-39,49H,11-13,16-18,27-31H2,1-7H3,(H,48,59);4-6,9-10,13-16,23-24H,7-8,11-12,17-19,30H2,1-3H3,(H,31,38);7-10,14H,5-6,11H2,1-4H3,(H,22,23);1H4/t36-,38-,39-;23-,24-;14-;/m000./s1. The van der Waals surface area contributed by atoms with Gasteiger partial charge in [-0.2, -0.15) is 0 Å². The Morgan fingerprint density at radius 2 is 0.779 bits per heavy atom. The zero-order chi connectivity index (χ0) is 95.7. The smallest absolute Gasteiger partial charge is 0.329 e. The normalized spacial score (nSPS) is 16.4. The molecule has 10 amide bonds. The van der Waals surface area contributed by atoms with E-state index in [9.17, 15) is 87.7 Å². The minimum atomic E-state index is -1.31. The topological polar surface area (TPSA) is 453 Å². The van der Waals surface area contributed by atoms with Crippen LogP contribution < -0.4 is 31.2 Å². The maximum Gasteiger partial charge on any atom is 0.329 e. The van der Waals surface area contributed by atoms with E-state index in [-0.39, 0.29) is 111 Å². The van der Waals surface area contributed by atoms with Gasteiger partial charge in [-0.05, 0) is 216 Å². The van der Waals surface area contributed by atoms with Gasteiger partial charge in [0, 0.05) is 127 Å². The summed E-state index contributed by atoms with van der Waals surface area (Å²) in [5.41, 5.74) is 3.90. The quantitative estimate of drug-likeness (QED) is 0.0106. The van der Waals surface area contributed by atoms with Crippen molar-refractivity contribution in [2.24, 2.45) is 5.73 Å². The number of nitro benzene ring substituents is 2. The van der Waals surface area contributed by atoms with E-state index < -0.39 is 104 Å². The van der Waals surface area contributed by atoms with Crippen LogP contribution in [0, 0.1) is 20.2 Å². The summed E-state index contributed by atoms with van der Waals surface area (Å²) in [5, 5.41) is 40.3. The molecule has 6 N–H and O–H groups in total. The number of nitro groups is 2. The molecule has 6 aromatic carbocycles. The SMILES string of the molecule is C.CN(C(=O)c1ccc([N+](=O)[O-])cc1)C(C)(C)C(=O)NCCC[C@H](N)C(=O)N1CCC[C@H]1C(=O)OCc1ccccc1.COc1ccc(C(=O)N(C)C(C)(C)C(=O)N2CCC[C@H]2C(=O)O)cc1.COc1ccc(C(=O)N(C)C(C)(C)C(=O)N2CCC[C@H]2CN[C@@H](CCCNC(=O)C(C)(C)N(C)C(=O)c2ccc([N+](=O)[O-])cc2)C(=O)N2CCC[C@H]2C(=O)OCc2ccccc2)cc1. The van der Waals surface area contributed by atoms with E-state index in [1.165, 1.54) is 92.0 Å². The number of aliphatic carboxylic acids is 1. The van der Waals surface area contributed by atoms with Crippen LogP contribution in [0.2, 0.25) is 0 Å². The van der Waals surface area contributed by atoms with Crippen LogP contribution in [0.1, 0.15) is 192 Å². The first-order chi connectivity index (χ1) is 61.5. The monoisotopic (exact) mass is 1810 g/mol. The number of likely N-dealkylation sites (N-methyl/N-ethyl adjacent to an activating group) is 4. The number of likely N-dealkylation sites (tertiary alicyclic amines) is 4. The Morgan fingerprint density at radius 1 is 0.450 bits per heavy atom. The molecule has 6 atom stereocenters. The molecule has 4 heterocycles. The van der Waals surface area contributed by atoms with Crippen LogP contribution in [-0.4, -0.2) is 278 Å². The highest BCUT2D eigenvalue weighted by Crippen LogP contribution is 2.32. The van der Waals surface area contributed by atoms with Gasteiger partial charge in [0.2, 0.25) is 35.4 Å². The molecule has 4 aliphatic heterocycles. The summed E-state index contributed by atoms with van der Waals surface area (Å²) in [6.07, 6.45) is 6.06. The van der Waals surface area contributed by atoms with Gasteiger partial charge < -0.3 is 84.9 Å². The maximum absolute atomic E-state index is 14.5. The van der Waals surface area contributed by atoms with Gasteiger partial charge in [0.1, 0.15) is 65.0 Å². The van der Waals surface area contributed by atoms with Crippen molar-refractivity contribution in [1.82, 2.24) is 55.1 Å². The fraction of sp³-hybridized carbons (Fsp3) is 0.484. The van der Waals surface area contributed by atoms with Gasteiger partial charge in [-0.15, -0.1) is 0 Å². The molecular weight excluding hydrogens is 1690 g/mol. The van der Waals surface area contributed by atoms with Crippen LogP contribution in [0.25, 0.3) is 0 Å². The summed E-state index contributed by atoms with van der Waals surface area (Å²) in [5.74, 6) is -4.35. The zero-order valence-corrected chi connectivity index (χ0v) is 76.4. The number of nitrogens with one attached hydrogen (secondary N) is 3. The second-order valence-electron chi connectivity index (χ2n) is 34.5. The van der Waals surface area contributed by atoms with Crippen molar-refractivity contribution in [3.05, 3.63) is 211 Å². The molecule has 36 nitrogen and oxygen atoms in total. The predicted octanol–water partition coefficient (Wildman–Crippen LogP) is 9.25. The third-order valence-corrected chi connectivity index (χ3v) is 24.7. The summed E-state index contributed by atoms with van der Waals surface area (Å²) < 4.78 is 21.4. The first-order valence-corrected chi connectivity index (χ1v) is 43.3. The van der Waals surface area contributed by atoms with Crippen LogP contribution in [-0.2, 0) is 65.8 Å². The number of hydrogen-bond acceptors (Lipinski definition) is 23. The van der Waals surface area contributed by atoms with Crippen molar-refractivity contribution in [1.29, 1.82) is 0 Å². The molecule has 0 spiro atoms. The van der Waals surface area contributed by atoms with Crippen LogP contribution in [0.5, 0.6) is 11.5 Å². The predicted molar refractivity (Wildman–Crippen MR) is 487 cm³/mol. The Hall–Kier alpha value is -13.3. The van der Waals surface area contributed by atoms with Crippen LogP contribution in [0.4, 0.5) is 11.4 Å². The number of non-ortho nitro benzene ring substituents is 2. The molecule has 4 aliphatic rings. The molecule has 0 radical (unpaired) electrons. The number of ether oxygens (including phenoxy) is 4. The lowest BCUT2D eigenvalue weighted by Gasteiger charge is -2.39. The van der Waals surface area contributed by atoms with E-state index in [4.69, 9.17) is 24.7 Å². The number of rotatable bonds is 36. The molecule has 6 aromatic rings. The number of methoxy groups -OCH3 is 2. The number of benzene rings is 6. The fourth-order valence-corrected chi connectivity index (χ4v) is 15.4. The Balaban J connectivity index is 0.000000298. The zero-order valence-electron chi connectivity index (χ0n) is 76.4. The lowest BCUT2D eigenvalue weighted by molar-refractivity contribution is -0.385. The molecule has 708 valence electrons. The summed E-state index contributed by atoms with van der Waals surface area (Å²) in [6, 6.07) is 38.0. The van der Waals surface area contributed by atoms with Gasteiger partial charge in [0.15, 0.2) is 0 Å². The van der Waals surface area contributed by atoms with Gasteiger partial charge in [0.25, 0.3) is 35.0 Å². The van der Waals surface area contributed by atoms with Crippen molar-refractivity contribution in [2.75, 3.05) is 88.2 Å². The molecule has 0 aliphatic carbocycles. The highest BCUT2D eigenvalue weighted by atomic mass is 16.6. The van der Waals surface area contributed by atoms with E-state index in [1.54, 1.807) is 142 Å². The number of nitrogens with zero attached hydrogens (tertiary/aromatic N) is 10. The van der Waals surface area contributed by atoms with Crippen molar-refractivity contribution < 1.29 is 96.2 Å². The van der Waals surface area contributed by atoms with Crippen molar-refractivity contribution in [2.45, 2.75) is 211 Å². The van der Waals surface area contributed by atoms with Crippen molar-refractivity contribution in [3.8, 4) is 11.5 Å². The molecule has 0 bridgehead atoms. The highest BCUT2D eigenvalue weighted by molar-refractivity contribution is 6.02. The van der Waals surface area contributed by atoms with Gasteiger partial charge in [-0.1, -0.05) is 68.1 Å². The Kier molecular flexibility index (Phi) is 37.9. The summed E-state index contributed by atoms with van der Waals surface area (Å²) in [6.45, 7) is 15.6. The summed E-state index contributed by atoms with van der Waals surface area (Å²) in [7, 11) is 9.20. The second kappa shape index (κ2) is 47.4. The van der Waals surface area contributed by atoms with E-state index >= 15 is 0 Å². The first kappa shape index (κ1) is 105. The van der Waals surface area contributed by atoms with Crippen LogP contribution in [0.15, 0.2) is 158 Å². The molecular formula is C95H126N14O22. The van der Waals surface area contributed by atoms with Gasteiger partial charge in [-0.25, -0.2) is 14.4 Å². The van der Waals surface area contributed by atoms with E-state index in [1.807, 2.05) is 60.7 Å². The van der Waals surface area contributed by atoms with Crippen molar-refractivity contribution in [3.63, 3.8) is 0 Å². The number of carboxylic acids is 1. The minimum absolute atomic E-state index is 0. The third kappa shape index (κ3) is 26.7. The number of amides is 10. The maximum atomic E-state index is 14.5. The molecule has 0 unspecified atom stereocenters. The lowest BCUT2D eigenvalue weighted by atomic mass is 9.99. The Labute approximate surface area is 764 Å². The highest BCUT2D eigenvalue weighted by Gasteiger charge is 2.47. The number of nitrogens with two attached hydrogens (primary N) is 1. The molecule has 4 fully saturated rings. The number of carbonyl (C=O) groups is 13. The molecule has 10 rings (SSSR count). The Morgan fingerprint density at radius 3 is 1.15 bits per heavy atom. The summed E-state index contributed by atoms with van der Waals surface area (Å²) in [4.78, 5) is 203. The first-order valence-electron chi connectivity index (χ1n) is 43.3. The number of carboxylic acid groups (broad SMARTS) is 1. The molecule has 36 heteroatoms. The number of carbonyl (C=O) groups excluding carboxylic acids is 12. The minimum Gasteiger partial charge on any atom is -0.497 e. The van der Waals surface area contributed by atoms with E-state index in [0.29, 0.717) is 113 Å². The van der Waals surface area contributed by atoms with Gasteiger partial charge in [-0.3, -0.25) is 68.2 Å². The van der Waals surface area contributed by atoms with Gasteiger partial charge in [0.05, 0.1) is 36.1 Å². The molecule has 4 saturated heterocycles. The van der Waals surface area contributed by atoms with Crippen LogP contribution >= 0.6 is 0 Å². The number of hydrogen-bond donors (Lipinski definition) is 5. The average molecular weight is 1820 g/mol. The molecule has 0 saturated carbocycles. The van der Waals surface area contributed by atoms with Gasteiger partial charge >= 0.3 is 17.9 Å². The van der Waals surface area contributed by atoms with Crippen LogP contribution in [0.3, 0.4) is 0 Å².